The van der Waals surface area contributed by atoms with Crippen molar-refractivity contribution in [1.29, 1.82) is 0 Å². The summed E-state index contributed by atoms with van der Waals surface area (Å²) in [5, 5.41) is 3.61. The number of carbonyl (C=O) groups excluding carboxylic acids is 2. The number of para-hydroxylation sites is 2. The average molecular weight is 626 g/mol. The van der Waals surface area contributed by atoms with Crippen LogP contribution in [0.4, 0.5) is 5.69 Å². The van der Waals surface area contributed by atoms with Gasteiger partial charge in [0.15, 0.2) is 0 Å². The van der Waals surface area contributed by atoms with Crippen LogP contribution in [0.15, 0.2) is 77.7 Å². The first-order valence-electron chi connectivity index (χ1n) is 14.8. The Kier molecular flexibility index (Phi) is 11.1. The van der Waals surface area contributed by atoms with Gasteiger partial charge in [-0.25, -0.2) is 8.42 Å². The Bertz CT molecular complexity index is 1510. The summed E-state index contributed by atoms with van der Waals surface area (Å²) in [6, 6.07) is 19.5. The van der Waals surface area contributed by atoms with Crippen LogP contribution in [-0.2, 0) is 26.2 Å². The normalized spacial score (nSPS) is 14.5. The second-order valence-corrected chi connectivity index (χ2v) is 13.2. The smallest absolute Gasteiger partial charge is 0.264 e. The van der Waals surface area contributed by atoms with Gasteiger partial charge in [0, 0.05) is 17.6 Å². The van der Waals surface area contributed by atoms with E-state index in [1.807, 2.05) is 13.0 Å². The highest BCUT2D eigenvalue weighted by Crippen LogP contribution is 2.33. The highest BCUT2D eigenvalue weighted by molar-refractivity contribution is 7.92. The van der Waals surface area contributed by atoms with Crippen molar-refractivity contribution < 1.29 is 22.7 Å². The molecule has 0 aromatic heterocycles. The van der Waals surface area contributed by atoms with Crippen LogP contribution in [0.25, 0.3) is 0 Å². The van der Waals surface area contributed by atoms with E-state index < -0.39 is 28.5 Å². The number of nitrogens with zero attached hydrogens (tertiary/aromatic N) is 2. The van der Waals surface area contributed by atoms with Gasteiger partial charge in [-0.1, -0.05) is 72.8 Å². The van der Waals surface area contributed by atoms with Gasteiger partial charge in [-0.15, -0.1) is 0 Å². The molecule has 0 saturated heterocycles. The van der Waals surface area contributed by atoms with Crippen molar-refractivity contribution in [2.24, 2.45) is 0 Å². The minimum atomic E-state index is -4.20. The van der Waals surface area contributed by atoms with E-state index in [2.05, 4.69) is 5.32 Å². The molecular formula is C33H40ClN3O5S. The molecule has 0 unspecified atom stereocenters. The Hall–Kier alpha value is -3.56. The highest BCUT2D eigenvalue weighted by Gasteiger charge is 2.34. The Labute approximate surface area is 260 Å². The lowest BCUT2D eigenvalue weighted by molar-refractivity contribution is -0.139. The highest BCUT2D eigenvalue weighted by atomic mass is 35.5. The summed E-state index contributed by atoms with van der Waals surface area (Å²) in [5.41, 5.74) is 1.86. The standard InChI is InChI=1S/C33H40ClN3O5S/c1-4-42-31-16-9-8-15-30(31)37(43(40,41)29-19-17-24(2)18-20-29)23-32(38)36(22-26-11-10-12-27(34)21-26)25(3)33(39)35-28-13-6-5-7-14-28/h8-12,15-21,25,28H,4-7,13-14,22-23H2,1-3H3,(H,35,39)/t25-/m1/s1. The number of rotatable bonds is 12. The van der Waals surface area contributed by atoms with Crippen molar-refractivity contribution in [2.75, 3.05) is 17.5 Å². The van der Waals surface area contributed by atoms with Crippen molar-refractivity contribution in [3.8, 4) is 5.75 Å². The number of ether oxygens (including phenoxy) is 1. The van der Waals surface area contributed by atoms with E-state index in [1.165, 1.54) is 17.0 Å². The molecular weight excluding hydrogens is 586 g/mol. The topological polar surface area (TPSA) is 96.0 Å². The molecule has 230 valence electrons. The number of benzene rings is 3. The number of hydrogen-bond donors (Lipinski definition) is 1. The van der Waals surface area contributed by atoms with E-state index >= 15 is 0 Å². The van der Waals surface area contributed by atoms with Crippen molar-refractivity contribution in [3.63, 3.8) is 0 Å². The minimum Gasteiger partial charge on any atom is -0.492 e. The van der Waals surface area contributed by atoms with E-state index in [0.717, 1.165) is 47.5 Å². The quantitative estimate of drug-likeness (QED) is 0.262. The van der Waals surface area contributed by atoms with Crippen LogP contribution < -0.4 is 14.4 Å². The van der Waals surface area contributed by atoms with Crippen molar-refractivity contribution in [1.82, 2.24) is 10.2 Å². The fourth-order valence-corrected chi connectivity index (χ4v) is 6.91. The third kappa shape index (κ3) is 8.30. The number of aryl methyl sites for hydroxylation is 1. The molecule has 10 heteroatoms. The predicted molar refractivity (Wildman–Crippen MR) is 170 cm³/mol. The number of halogens is 1. The third-order valence-electron chi connectivity index (χ3n) is 7.68. The second kappa shape index (κ2) is 14.8. The SMILES string of the molecule is CCOc1ccccc1N(CC(=O)N(Cc1cccc(Cl)c1)[C@H](C)C(=O)NC1CCCCC1)S(=O)(=O)c1ccc(C)cc1. The van der Waals surface area contributed by atoms with E-state index in [9.17, 15) is 18.0 Å². The molecule has 0 spiro atoms. The Morgan fingerprint density at radius 2 is 1.70 bits per heavy atom. The molecule has 0 bridgehead atoms. The lowest BCUT2D eigenvalue weighted by atomic mass is 9.95. The first-order valence-corrected chi connectivity index (χ1v) is 16.6. The summed E-state index contributed by atoms with van der Waals surface area (Å²) in [6.45, 7) is 5.19. The van der Waals surface area contributed by atoms with Crippen LogP contribution in [-0.4, -0.2) is 50.4 Å². The summed E-state index contributed by atoms with van der Waals surface area (Å²) < 4.78 is 35.1. The van der Waals surface area contributed by atoms with Gasteiger partial charge in [0.1, 0.15) is 18.3 Å². The van der Waals surface area contributed by atoms with Crippen LogP contribution in [0.2, 0.25) is 5.02 Å². The molecule has 3 aromatic rings. The fourth-order valence-electron chi connectivity index (χ4n) is 5.27. The number of hydrogen-bond acceptors (Lipinski definition) is 5. The third-order valence-corrected chi connectivity index (χ3v) is 9.69. The molecule has 1 N–H and O–H groups in total. The first kappa shape index (κ1) is 32.4. The number of amides is 2. The Balaban J connectivity index is 1.72. The van der Waals surface area contributed by atoms with E-state index in [4.69, 9.17) is 16.3 Å². The van der Waals surface area contributed by atoms with E-state index in [1.54, 1.807) is 68.4 Å². The molecule has 3 aromatic carbocycles. The van der Waals surface area contributed by atoms with Crippen LogP contribution in [0.1, 0.15) is 57.1 Å². The van der Waals surface area contributed by atoms with Gasteiger partial charge in [-0.05, 0) is 75.6 Å². The van der Waals surface area contributed by atoms with Gasteiger partial charge >= 0.3 is 0 Å². The zero-order valence-corrected chi connectivity index (χ0v) is 26.5. The number of nitrogens with one attached hydrogen (secondary N) is 1. The van der Waals surface area contributed by atoms with E-state index in [-0.39, 0.29) is 29.1 Å². The van der Waals surface area contributed by atoms with Crippen LogP contribution in [0.3, 0.4) is 0 Å². The lowest BCUT2D eigenvalue weighted by Crippen LogP contribution is -2.53. The van der Waals surface area contributed by atoms with Crippen molar-refractivity contribution in [2.45, 2.75) is 76.4 Å². The molecule has 43 heavy (non-hydrogen) atoms. The van der Waals surface area contributed by atoms with E-state index in [0.29, 0.717) is 17.4 Å². The maximum Gasteiger partial charge on any atom is 0.264 e. The molecule has 4 rings (SSSR count). The van der Waals surface area contributed by atoms with Gasteiger partial charge in [0.25, 0.3) is 10.0 Å². The largest absolute Gasteiger partial charge is 0.492 e. The zero-order valence-electron chi connectivity index (χ0n) is 25.0. The maximum atomic E-state index is 14.2. The summed E-state index contributed by atoms with van der Waals surface area (Å²) in [7, 11) is -4.20. The zero-order chi connectivity index (χ0) is 31.0. The maximum absolute atomic E-state index is 14.2. The first-order chi connectivity index (χ1) is 20.6. The van der Waals surface area contributed by atoms with Gasteiger partial charge in [-0.3, -0.25) is 13.9 Å². The van der Waals surface area contributed by atoms with Gasteiger partial charge < -0.3 is 15.0 Å². The minimum absolute atomic E-state index is 0.0432. The van der Waals surface area contributed by atoms with Gasteiger partial charge in [0.2, 0.25) is 11.8 Å². The molecule has 1 atom stereocenters. The molecule has 0 aliphatic heterocycles. The van der Waals surface area contributed by atoms with Crippen molar-refractivity contribution >= 4 is 39.1 Å². The molecule has 8 nitrogen and oxygen atoms in total. The van der Waals surface area contributed by atoms with Gasteiger partial charge in [0.05, 0.1) is 17.2 Å². The molecule has 1 aliphatic rings. The predicted octanol–water partition coefficient (Wildman–Crippen LogP) is 6.11. The second-order valence-electron chi connectivity index (χ2n) is 10.9. The molecule has 1 fully saturated rings. The van der Waals surface area contributed by atoms with Crippen molar-refractivity contribution in [3.05, 3.63) is 88.9 Å². The monoisotopic (exact) mass is 625 g/mol. The summed E-state index contributed by atoms with van der Waals surface area (Å²) in [4.78, 5) is 29.2. The number of carbonyl (C=O) groups is 2. The Morgan fingerprint density at radius 3 is 2.37 bits per heavy atom. The molecule has 2 amide bonds. The molecule has 0 heterocycles. The van der Waals surface area contributed by atoms with Gasteiger partial charge in [-0.2, -0.15) is 0 Å². The molecule has 1 saturated carbocycles. The summed E-state index contributed by atoms with van der Waals surface area (Å²) in [6.07, 6.45) is 5.05. The molecule has 0 radical (unpaired) electrons. The van der Waals surface area contributed by atoms with Crippen LogP contribution in [0, 0.1) is 6.92 Å². The Morgan fingerprint density at radius 1 is 1.00 bits per heavy atom. The average Bonchev–Trinajstić information content (AvgIpc) is 2.99. The number of sulfonamides is 1. The number of anilines is 1. The molecule has 1 aliphatic carbocycles. The summed E-state index contributed by atoms with van der Waals surface area (Å²) in [5.74, 6) is -0.476. The fraction of sp³-hybridized carbons (Fsp3) is 0.394. The van der Waals surface area contributed by atoms with Crippen LogP contribution >= 0.6 is 11.6 Å². The summed E-state index contributed by atoms with van der Waals surface area (Å²) >= 11 is 6.24. The lowest BCUT2D eigenvalue weighted by Gasteiger charge is -2.33. The van der Waals surface area contributed by atoms with Crippen LogP contribution in [0.5, 0.6) is 5.75 Å².